The van der Waals surface area contributed by atoms with Gasteiger partial charge in [0.25, 0.3) is 0 Å². The number of aromatic nitrogens is 3. The molecule has 0 radical (unpaired) electrons. The minimum Gasteiger partial charge on any atom is -0.303 e. The van der Waals surface area contributed by atoms with Crippen molar-refractivity contribution in [2.45, 2.75) is 0 Å². The van der Waals surface area contributed by atoms with Gasteiger partial charge >= 0.3 is 0 Å². The Balaban J connectivity index is 2.54. The van der Waals surface area contributed by atoms with E-state index in [-0.39, 0.29) is 0 Å². The third-order valence-electron chi connectivity index (χ3n) is 2.83. The van der Waals surface area contributed by atoms with Crippen LogP contribution in [-0.4, -0.2) is 14.4 Å². The Bertz CT molecular complexity index is 710. The van der Waals surface area contributed by atoms with Gasteiger partial charge in [0.05, 0.1) is 40.0 Å². The maximum absolute atomic E-state index is 4.42. The van der Waals surface area contributed by atoms with Gasteiger partial charge in [-0.15, -0.1) is 0 Å². The molecule has 0 unspecified atom stereocenters. The maximum atomic E-state index is 4.42. The van der Waals surface area contributed by atoms with Crippen molar-refractivity contribution < 1.29 is 0 Å². The summed E-state index contributed by atoms with van der Waals surface area (Å²) in [5, 5.41) is 0. The summed E-state index contributed by atoms with van der Waals surface area (Å²) in [6, 6.07) is 10.2. The number of para-hydroxylation sites is 1. The molecule has 1 aromatic carbocycles. The van der Waals surface area contributed by atoms with Crippen LogP contribution in [0.4, 0.5) is 0 Å². The molecule has 4 aromatic rings. The molecule has 0 fully saturated rings. The van der Waals surface area contributed by atoms with Crippen molar-refractivity contribution in [3.05, 3.63) is 42.7 Å². The van der Waals surface area contributed by atoms with E-state index < -0.39 is 0 Å². The minimum atomic E-state index is 0.995. The van der Waals surface area contributed by atoms with Crippen LogP contribution in [0, 0.1) is 0 Å². The quantitative estimate of drug-likeness (QED) is 0.429. The Labute approximate surface area is 85.3 Å². The van der Waals surface area contributed by atoms with Gasteiger partial charge in [-0.1, -0.05) is 6.07 Å². The fraction of sp³-hybridized carbons (Fsp3) is 0. The Kier molecular flexibility index (Phi) is 1.08. The highest BCUT2D eigenvalue weighted by Crippen LogP contribution is 2.23. The van der Waals surface area contributed by atoms with E-state index in [9.17, 15) is 0 Å². The first-order valence-corrected chi connectivity index (χ1v) is 4.87. The lowest BCUT2D eigenvalue weighted by Crippen LogP contribution is -1.94. The van der Waals surface area contributed by atoms with Crippen molar-refractivity contribution in [3.63, 3.8) is 0 Å². The molecule has 0 amide bonds. The Morgan fingerprint density at radius 3 is 2.00 bits per heavy atom. The fourth-order valence-electron chi connectivity index (χ4n) is 2.16. The van der Waals surface area contributed by atoms with Gasteiger partial charge in [0.1, 0.15) is 0 Å². The molecule has 0 aliphatic carbocycles. The number of nitrogens with zero attached hydrogens (tertiary/aromatic N) is 3. The molecule has 4 rings (SSSR count). The molecule has 0 bridgehead atoms. The molecular formula is C12H7N3. The normalized spacial score (nSPS) is 12.0. The van der Waals surface area contributed by atoms with E-state index in [0.717, 1.165) is 27.6 Å². The number of hydrogen-bond donors (Lipinski definition) is 0. The maximum Gasteiger partial charge on any atom is 0.0979 e. The molecule has 15 heavy (non-hydrogen) atoms. The molecule has 0 spiro atoms. The largest absolute Gasteiger partial charge is 0.303 e. The number of rotatable bonds is 0. The predicted molar refractivity (Wildman–Crippen MR) is 59.2 cm³/mol. The van der Waals surface area contributed by atoms with Crippen LogP contribution in [0.25, 0.3) is 27.6 Å². The van der Waals surface area contributed by atoms with E-state index in [0.29, 0.717) is 0 Å². The smallest absolute Gasteiger partial charge is 0.0979 e. The van der Waals surface area contributed by atoms with Gasteiger partial charge in [0.15, 0.2) is 0 Å². The van der Waals surface area contributed by atoms with Gasteiger partial charge in [-0.05, 0) is 24.3 Å². The van der Waals surface area contributed by atoms with E-state index in [1.807, 2.05) is 30.6 Å². The second-order valence-corrected chi connectivity index (χ2v) is 3.68. The standard InChI is InChI=1S/C12H7N3/c1-2-10-12-11(3-1)14-7-9-5-4-8(6-13-10)15(9)12/h1-7H. The molecule has 0 atom stereocenters. The van der Waals surface area contributed by atoms with Gasteiger partial charge in [-0.25, -0.2) is 0 Å². The second-order valence-electron chi connectivity index (χ2n) is 3.68. The van der Waals surface area contributed by atoms with Crippen molar-refractivity contribution in [2.75, 3.05) is 0 Å². The highest BCUT2D eigenvalue weighted by atomic mass is 15.0. The zero-order valence-corrected chi connectivity index (χ0v) is 7.88. The van der Waals surface area contributed by atoms with Crippen LogP contribution in [0.5, 0.6) is 0 Å². The average Bonchev–Trinajstić information content (AvgIpc) is 2.71. The summed E-state index contributed by atoms with van der Waals surface area (Å²) in [6.07, 6.45) is 3.80. The summed E-state index contributed by atoms with van der Waals surface area (Å²) in [5.74, 6) is 0. The Morgan fingerprint density at radius 2 is 1.40 bits per heavy atom. The molecular weight excluding hydrogens is 186 g/mol. The monoisotopic (exact) mass is 193 g/mol. The van der Waals surface area contributed by atoms with Crippen molar-refractivity contribution in [3.8, 4) is 0 Å². The Morgan fingerprint density at radius 1 is 0.800 bits per heavy atom. The summed E-state index contributed by atoms with van der Waals surface area (Å²) < 4.78 is 2.20. The first-order valence-electron chi connectivity index (χ1n) is 4.87. The summed E-state index contributed by atoms with van der Waals surface area (Å²) in [4.78, 5) is 8.85. The lowest BCUT2D eigenvalue weighted by Gasteiger charge is -2.06. The zero-order chi connectivity index (χ0) is 9.83. The molecule has 3 nitrogen and oxygen atoms in total. The third kappa shape index (κ3) is 0.760. The highest BCUT2D eigenvalue weighted by Gasteiger charge is 2.07. The molecule has 0 saturated heterocycles. The van der Waals surface area contributed by atoms with Gasteiger partial charge in [0.2, 0.25) is 0 Å². The predicted octanol–water partition coefficient (Wildman–Crippen LogP) is 2.47. The van der Waals surface area contributed by atoms with Crippen LogP contribution in [-0.2, 0) is 0 Å². The molecule has 3 heteroatoms. The first-order chi connectivity index (χ1) is 7.43. The van der Waals surface area contributed by atoms with Crippen LogP contribution < -0.4 is 0 Å². The molecule has 0 aliphatic heterocycles. The highest BCUT2D eigenvalue weighted by molar-refractivity contribution is 5.94. The van der Waals surface area contributed by atoms with Crippen LogP contribution in [0.2, 0.25) is 0 Å². The number of hydrogen-bond acceptors (Lipinski definition) is 2. The fourth-order valence-corrected chi connectivity index (χ4v) is 2.16. The van der Waals surface area contributed by atoms with Crippen molar-refractivity contribution in [1.29, 1.82) is 0 Å². The summed E-state index contributed by atoms with van der Waals surface area (Å²) in [5.41, 5.74) is 5.34. The van der Waals surface area contributed by atoms with Crippen LogP contribution in [0.3, 0.4) is 0 Å². The minimum absolute atomic E-state index is 0.995. The van der Waals surface area contributed by atoms with Crippen LogP contribution >= 0.6 is 0 Å². The van der Waals surface area contributed by atoms with Crippen LogP contribution in [0.15, 0.2) is 42.7 Å². The van der Waals surface area contributed by atoms with Gasteiger partial charge in [-0.3, -0.25) is 9.97 Å². The van der Waals surface area contributed by atoms with E-state index >= 15 is 0 Å². The first kappa shape index (κ1) is 7.17. The third-order valence-corrected chi connectivity index (χ3v) is 2.83. The zero-order valence-electron chi connectivity index (χ0n) is 7.88. The lowest BCUT2D eigenvalue weighted by atomic mass is 10.2. The van der Waals surface area contributed by atoms with Crippen LogP contribution in [0.1, 0.15) is 0 Å². The van der Waals surface area contributed by atoms with Crippen molar-refractivity contribution >= 4 is 27.6 Å². The summed E-state index contributed by atoms with van der Waals surface area (Å²) in [6.45, 7) is 0. The SMILES string of the molecule is c1cc2ncc3ccc4cnc(c1)c2n34. The van der Waals surface area contributed by atoms with E-state index in [2.05, 4.69) is 26.5 Å². The molecule has 70 valence electrons. The van der Waals surface area contributed by atoms with E-state index in [1.165, 1.54) is 0 Å². The number of benzene rings is 1. The molecule has 0 aliphatic rings. The molecule has 0 N–H and O–H groups in total. The average molecular weight is 193 g/mol. The molecule has 3 heterocycles. The van der Waals surface area contributed by atoms with Gasteiger partial charge in [-0.2, -0.15) is 0 Å². The molecule has 3 aromatic heterocycles. The van der Waals surface area contributed by atoms with Gasteiger partial charge < -0.3 is 4.40 Å². The topological polar surface area (TPSA) is 30.2 Å². The van der Waals surface area contributed by atoms with E-state index in [1.54, 1.807) is 0 Å². The lowest BCUT2D eigenvalue weighted by molar-refractivity contribution is 1.23. The Hall–Kier alpha value is -2.16. The van der Waals surface area contributed by atoms with Gasteiger partial charge in [0, 0.05) is 0 Å². The van der Waals surface area contributed by atoms with E-state index in [4.69, 9.17) is 0 Å². The van der Waals surface area contributed by atoms with Crippen molar-refractivity contribution in [1.82, 2.24) is 14.4 Å². The van der Waals surface area contributed by atoms with Crippen molar-refractivity contribution in [2.24, 2.45) is 0 Å². The molecule has 0 saturated carbocycles. The second kappa shape index (κ2) is 2.25. The summed E-state index contributed by atoms with van der Waals surface area (Å²) in [7, 11) is 0. The summed E-state index contributed by atoms with van der Waals surface area (Å²) >= 11 is 0.